The van der Waals surface area contributed by atoms with Crippen LogP contribution in [0.15, 0.2) is 52.7 Å². The Balaban J connectivity index is 2.04. The minimum absolute atomic E-state index is 0.367. The van der Waals surface area contributed by atoms with Crippen LogP contribution in [0.2, 0.25) is 0 Å². The van der Waals surface area contributed by atoms with Crippen LogP contribution in [0.3, 0.4) is 0 Å². The lowest BCUT2D eigenvalue weighted by Gasteiger charge is -2.00. The van der Waals surface area contributed by atoms with Crippen molar-refractivity contribution in [2.75, 3.05) is 7.11 Å². The number of hydrogen-bond acceptors (Lipinski definition) is 3. The van der Waals surface area contributed by atoms with Crippen LogP contribution in [0.4, 0.5) is 4.39 Å². The van der Waals surface area contributed by atoms with Crippen LogP contribution in [-0.2, 0) is 0 Å². The van der Waals surface area contributed by atoms with Gasteiger partial charge in [0.1, 0.15) is 11.6 Å². The van der Waals surface area contributed by atoms with Crippen LogP contribution >= 0.6 is 0 Å². The van der Waals surface area contributed by atoms with E-state index in [0.717, 1.165) is 5.56 Å². The number of rotatable bonds is 4. The Morgan fingerprint density at radius 3 is 2.35 bits per heavy atom. The molecule has 0 unspecified atom stereocenters. The molecule has 0 aliphatic carbocycles. The third-order valence-corrected chi connectivity index (χ3v) is 2.76. The van der Waals surface area contributed by atoms with E-state index >= 15 is 0 Å². The molecule has 0 aliphatic heterocycles. The third kappa shape index (κ3) is 3.75. The van der Waals surface area contributed by atoms with E-state index in [1.165, 1.54) is 25.0 Å². The van der Waals surface area contributed by atoms with E-state index in [0.29, 0.717) is 11.3 Å². The molecular formula is C16H15FN2O. The van der Waals surface area contributed by atoms with Gasteiger partial charge in [0.15, 0.2) is 0 Å². The molecule has 0 atom stereocenters. The van der Waals surface area contributed by atoms with Gasteiger partial charge < -0.3 is 4.74 Å². The van der Waals surface area contributed by atoms with Crippen LogP contribution in [0, 0.1) is 12.7 Å². The Morgan fingerprint density at radius 1 is 1.00 bits per heavy atom. The second kappa shape index (κ2) is 6.61. The standard InChI is InChI=1S/C16H15FN2O/c1-12-3-5-13(6-4-12)10-18-19-11-14-7-8-15(20-2)9-16(14)17/h3-11H,1-2H3. The topological polar surface area (TPSA) is 34.0 Å². The predicted molar refractivity (Wildman–Crippen MR) is 79.3 cm³/mol. The van der Waals surface area contributed by atoms with Gasteiger partial charge in [0.05, 0.1) is 19.5 Å². The minimum atomic E-state index is -0.390. The first-order valence-corrected chi connectivity index (χ1v) is 6.15. The molecule has 3 nitrogen and oxygen atoms in total. The van der Waals surface area contributed by atoms with Crippen molar-refractivity contribution in [2.45, 2.75) is 6.92 Å². The Hall–Kier alpha value is -2.49. The SMILES string of the molecule is COc1ccc(C=NN=Cc2ccc(C)cc2)c(F)c1. The Morgan fingerprint density at radius 2 is 1.70 bits per heavy atom. The normalized spacial score (nSPS) is 11.3. The van der Waals surface area contributed by atoms with Crippen molar-refractivity contribution in [1.82, 2.24) is 0 Å². The summed E-state index contributed by atoms with van der Waals surface area (Å²) in [5.74, 6) is 0.0847. The summed E-state index contributed by atoms with van der Waals surface area (Å²) in [6, 6.07) is 12.5. The molecule has 0 aromatic heterocycles. The molecule has 0 aliphatic rings. The molecule has 0 bridgehead atoms. The van der Waals surface area contributed by atoms with Crippen molar-refractivity contribution in [3.63, 3.8) is 0 Å². The molecule has 0 radical (unpaired) electrons. The van der Waals surface area contributed by atoms with Crippen molar-refractivity contribution in [3.8, 4) is 5.75 Å². The molecule has 4 heteroatoms. The zero-order chi connectivity index (χ0) is 14.4. The minimum Gasteiger partial charge on any atom is -0.497 e. The van der Waals surface area contributed by atoms with Gasteiger partial charge in [-0.15, -0.1) is 0 Å². The number of halogens is 1. The van der Waals surface area contributed by atoms with E-state index in [-0.39, 0.29) is 0 Å². The lowest BCUT2D eigenvalue weighted by molar-refractivity contribution is 0.411. The summed E-state index contributed by atoms with van der Waals surface area (Å²) >= 11 is 0. The molecule has 0 saturated heterocycles. The largest absolute Gasteiger partial charge is 0.497 e. The summed E-state index contributed by atoms with van der Waals surface area (Å²) < 4.78 is 18.5. The van der Waals surface area contributed by atoms with Gasteiger partial charge in [-0.25, -0.2) is 4.39 Å². The molecule has 2 rings (SSSR count). The summed E-state index contributed by atoms with van der Waals surface area (Å²) in [7, 11) is 1.49. The highest BCUT2D eigenvalue weighted by molar-refractivity contribution is 5.83. The Labute approximate surface area is 117 Å². The van der Waals surface area contributed by atoms with Gasteiger partial charge in [-0.05, 0) is 24.6 Å². The fourth-order valence-corrected chi connectivity index (χ4v) is 1.59. The van der Waals surface area contributed by atoms with Crippen LogP contribution in [0.25, 0.3) is 0 Å². The average Bonchev–Trinajstić information content (AvgIpc) is 2.46. The van der Waals surface area contributed by atoms with Gasteiger partial charge in [0.2, 0.25) is 0 Å². The van der Waals surface area contributed by atoms with Gasteiger partial charge in [0.25, 0.3) is 0 Å². The van der Waals surface area contributed by atoms with E-state index in [9.17, 15) is 4.39 Å². The fourth-order valence-electron chi connectivity index (χ4n) is 1.59. The Bertz CT molecular complexity index is 633. The zero-order valence-corrected chi connectivity index (χ0v) is 11.4. The molecule has 0 amide bonds. The molecule has 102 valence electrons. The highest BCUT2D eigenvalue weighted by atomic mass is 19.1. The molecule has 20 heavy (non-hydrogen) atoms. The highest BCUT2D eigenvalue weighted by Gasteiger charge is 2.00. The third-order valence-electron chi connectivity index (χ3n) is 2.76. The van der Waals surface area contributed by atoms with Gasteiger partial charge in [-0.2, -0.15) is 10.2 Å². The van der Waals surface area contributed by atoms with Crippen LogP contribution in [0.5, 0.6) is 5.75 Å². The predicted octanol–water partition coefficient (Wildman–Crippen LogP) is 3.60. The van der Waals surface area contributed by atoms with E-state index < -0.39 is 5.82 Å². The van der Waals surface area contributed by atoms with Crippen molar-refractivity contribution in [1.29, 1.82) is 0 Å². The summed E-state index contributed by atoms with van der Waals surface area (Å²) in [4.78, 5) is 0. The lowest BCUT2D eigenvalue weighted by atomic mass is 10.2. The second-order valence-corrected chi connectivity index (χ2v) is 4.29. The first-order valence-electron chi connectivity index (χ1n) is 6.15. The quantitative estimate of drug-likeness (QED) is 0.617. The molecule has 0 N–H and O–H groups in total. The van der Waals surface area contributed by atoms with Crippen molar-refractivity contribution >= 4 is 12.4 Å². The van der Waals surface area contributed by atoms with E-state index in [4.69, 9.17) is 4.74 Å². The molecule has 0 fully saturated rings. The molecule has 2 aromatic rings. The van der Waals surface area contributed by atoms with E-state index in [1.54, 1.807) is 18.3 Å². The number of hydrogen-bond donors (Lipinski definition) is 0. The van der Waals surface area contributed by atoms with Crippen LogP contribution < -0.4 is 4.74 Å². The summed E-state index contributed by atoms with van der Waals surface area (Å²) in [5.41, 5.74) is 2.50. The molecule has 0 heterocycles. The van der Waals surface area contributed by atoms with Crippen molar-refractivity contribution < 1.29 is 9.13 Å². The van der Waals surface area contributed by atoms with Gasteiger partial charge >= 0.3 is 0 Å². The monoisotopic (exact) mass is 270 g/mol. The summed E-state index contributed by atoms with van der Waals surface area (Å²) in [6.45, 7) is 2.02. The fraction of sp³-hybridized carbons (Fsp3) is 0.125. The van der Waals surface area contributed by atoms with E-state index in [2.05, 4.69) is 10.2 Å². The van der Waals surface area contributed by atoms with Gasteiger partial charge in [0, 0.05) is 11.6 Å². The van der Waals surface area contributed by atoms with Crippen LogP contribution in [-0.4, -0.2) is 19.5 Å². The number of methoxy groups -OCH3 is 1. The van der Waals surface area contributed by atoms with Gasteiger partial charge in [-0.3, -0.25) is 0 Å². The molecule has 0 spiro atoms. The first kappa shape index (κ1) is 13.9. The lowest BCUT2D eigenvalue weighted by Crippen LogP contribution is -1.90. The highest BCUT2D eigenvalue weighted by Crippen LogP contribution is 2.14. The average molecular weight is 270 g/mol. The van der Waals surface area contributed by atoms with E-state index in [1.807, 2.05) is 31.2 Å². The maximum Gasteiger partial charge on any atom is 0.135 e. The zero-order valence-electron chi connectivity index (χ0n) is 11.4. The summed E-state index contributed by atoms with van der Waals surface area (Å²) in [5, 5.41) is 7.74. The maximum absolute atomic E-state index is 13.6. The number of ether oxygens (including phenoxy) is 1. The molecular weight excluding hydrogens is 255 g/mol. The first-order chi connectivity index (χ1) is 9.69. The smallest absolute Gasteiger partial charge is 0.135 e. The molecule has 0 saturated carbocycles. The number of nitrogens with zero attached hydrogens (tertiary/aromatic N) is 2. The van der Waals surface area contributed by atoms with Gasteiger partial charge in [-0.1, -0.05) is 29.8 Å². The summed E-state index contributed by atoms with van der Waals surface area (Å²) in [6.07, 6.45) is 3.00. The second-order valence-electron chi connectivity index (χ2n) is 4.29. The number of aryl methyl sites for hydroxylation is 1. The van der Waals surface area contributed by atoms with Crippen LogP contribution in [0.1, 0.15) is 16.7 Å². The molecule has 2 aromatic carbocycles. The maximum atomic E-state index is 13.6. The van der Waals surface area contributed by atoms with Crippen molar-refractivity contribution in [3.05, 3.63) is 65.0 Å². The Kier molecular flexibility index (Phi) is 4.60. The van der Waals surface area contributed by atoms with Crippen molar-refractivity contribution in [2.24, 2.45) is 10.2 Å². The number of benzene rings is 2.